The van der Waals surface area contributed by atoms with Crippen molar-refractivity contribution in [3.05, 3.63) is 70.1 Å². The Balaban J connectivity index is 1.60. The fraction of sp³-hybridized carbons (Fsp3) is 0.320. The minimum atomic E-state index is -0.466. The third-order valence-corrected chi connectivity index (χ3v) is 6.37. The van der Waals surface area contributed by atoms with Crippen LogP contribution in [0.25, 0.3) is 22.4 Å². The number of nitrogens with zero attached hydrogens (tertiary/aromatic N) is 5. The molecule has 0 aliphatic carbocycles. The van der Waals surface area contributed by atoms with Gasteiger partial charge in [0.25, 0.3) is 0 Å². The molecule has 174 valence electrons. The zero-order valence-electron chi connectivity index (χ0n) is 19.0. The summed E-state index contributed by atoms with van der Waals surface area (Å²) in [6, 6.07) is 8.34. The molecule has 3 aromatic heterocycles. The molecule has 0 bridgehead atoms. The highest BCUT2D eigenvalue weighted by molar-refractivity contribution is 6.30. The van der Waals surface area contributed by atoms with Crippen LogP contribution < -0.4 is 4.74 Å². The van der Waals surface area contributed by atoms with Crippen LogP contribution in [0.2, 0.25) is 5.02 Å². The number of aryl methyl sites for hydroxylation is 2. The Morgan fingerprint density at radius 3 is 2.68 bits per heavy atom. The first-order chi connectivity index (χ1) is 16.4. The summed E-state index contributed by atoms with van der Waals surface area (Å²) in [7, 11) is 1.59. The lowest BCUT2D eigenvalue weighted by molar-refractivity contribution is 0.00385. The maximum Gasteiger partial charge on any atom is 0.213 e. The second kappa shape index (κ2) is 9.19. The molecular weight excluding hydrogens is 457 g/mol. The van der Waals surface area contributed by atoms with Gasteiger partial charge < -0.3 is 9.47 Å². The van der Waals surface area contributed by atoms with Crippen molar-refractivity contribution in [3.63, 3.8) is 0 Å². The summed E-state index contributed by atoms with van der Waals surface area (Å²) >= 11 is 5.99. The third-order valence-electron chi connectivity index (χ3n) is 6.13. The number of hydrogen-bond donors (Lipinski definition) is 0. The van der Waals surface area contributed by atoms with E-state index < -0.39 is 5.82 Å². The summed E-state index contributed by atoms with van der Waals surface area (Å²) in [4.78, 5) is 23.1. The van der Waals surface area contributed by atoms with Crippen molar-refractivity contribution in [2.45, 2.75) is 38.7 Å². The Hall–Kier alpha value is -3.23. The molecule has 0 radical (unpaired) electrons. The van der Waals surface area contributed by atoms with E-state index in [0.717, 1.165) is 23.4 Å². The zero-order valence-corrected chi connectivity index (χ0v) is 19.8. The summed E-state index contributed by atoms with van der Waals surface area (Å²) in [6.07, 6.45) is 2.96. The van der Waals surface area contributed by atoms with Gasteiger partial charge in [-0.25, -0.2) is 29.3 Å². The van der Waals surface area contributed by atoms with Gasteiger partial charge in [0.05, 0.1) is 24.6 Å². The molecule has 5 rings (SSSR count). The molecule has 1 saturated heterocycles. The standard InChI is InChI=1S/C25H23ClFN5O2/c1-13-14(2)30-25-23(29-13)22(18-5-4-17(26)12-19(18)27)31-24(32-25)16-7-9-34-20(10-16)15-6-8-28-21(11-15)33-3/h4-6,8,11-12,16,20H,7,9-10H2,1-3H3. The molecule has 0 saturated carbocycles. The lowest BCUT2D eigenvalue weighted by Gasteiger charge is -2.29. The predicted octanol–water partition coefficient (Wildman–Crippen LogP) is 5.54. The SMILES string of the molecule is COc1cc(C2CC(c3nc(-c4ccc(Cl)cc4F)c4nc(C)c(C)nc4n3)CCO2)ccn1. The van der Waals surface area contributed by atoms with E-state index in [1.165, 1.54) is 6.07 Å². The second-order valence-electron chi connectivity index (χ2n) is 8.33. The number of aromatic nitrogens is 5. The summed E-state index contributed by atoms with van der Waals surface area (Å²) in [5, 5.41) is 0.318. The van der Waals surface area contributed by atoms with Crippen molar-refractivity contribution < 1.29 is 13.9 Å². The normalized spacial score (nSPS) is 18.3. The molecule has 4 heterocycles. The van der Waals surface area contributed by atoms with E-state index in [9.17, 15) is 4.39 Å². The molecular formula is C25H23ClFN5O2. The van der Waals surface area contributed by atoms with Gasteiger partial charge in [-0.15, -0.1) is 0 Å². The van der Waals surface area contributed by atoms with Crippen LogP contribution in [0, 0.1) is 19.7 Å². The van der Waals surface area contributed by atoms with Crippen molar-refractivity contribution in [2.24, 2.45) is 0 Å². The van der Waals surface area contributed by atoms with E-state index in [1.807, 2.05) is 26.0 Å². The maximum absolute atomic E-state index is 14.9. The Bertz CT molecular complexity index is 1380. The molecule has 1 aromatic carbocycles. The van der Waals surface area contributed by atoms with Crippen LogP contribution in [0.1, 0.15) is 47.6 Å². The van der Waals surface area contributed by atoms with E-state index >= 15 is 0 Å². The lowest BCUT2D eigenvalue weighted by atomic mass is 9.91. The minimum absolute atomic E-state index is 0.000157. The molecule has 1 aliphatic heterocycles. The highest BCUT2D eigenvalue weighted by atomic mass is 35.5. The van der Waals surface area contributed by atoms with Gasteiger partial charge in [-0.1, -0.05) is 11.6 Å². The number of pyridine rings is 1. The second-order valence-corrected chi connectivity index (χ2v) is 8.77. The molecule has 1 aliphatic rings. The predicted molar refractivity (Wildman–Crippen MR) is 126 cm³/mol. The monoisotopic (exact) mass is 479 g/mol. The average Bonchev–Trinajstić information content (AvgIpc) is 2.84. The van der Waals surface area contributed by atoms with Crippen LogP contribution in [0.5, 0.6) is 5.88 Å². The van der Waals surface area contributed by atoms with Gasteiger partial charge in [0.15, 0.2) is 5.65 Å². The first kappa shape index (κ1) is 22.6. The van der Waals surface area contributed by atoms with Crippen LogP contribution in [0.15, 0.2) is 36.5 Å². The van der Waals surface area contributed by atoms with Crippen LogP contribution in [0.4, 0.5) is 4.39 Å². The van der Waals surface area contributed by atoms with Gasteiger partial charge in [-0.05, 0) is 56.5 Å². The number of halogens is 2. The van der Waals surface area contributed by atoms with E-state index in [4.69, 9.17) is 31.0 Å². The van der Waals surface area contributed by atoms with Crippen molar-refractivity contribution in [1.29, 1.82) is 0 Å². The van der Waals surface area contributed by atoms with E-state index in [0.29, 0.717) is 52.2 Å². The Morgan fingerprint density at radius 2 is 1.88 bits per heavy atom. The van der Waals surface area contributed by atoms with Gasteiger partial charge in [0.2, 0.25) is 5.88 Å². The van der Waals surface area contributed by atoms with Gasteiger partial charge in [-0.2, -0.15) is 0 Å². The number of fused-ring (bicyclic) bond motifs is 1. The van der Waals surface area contributed by atoms with Crippen molar-refractivity contribution in [2.75, 3.05) is 13.7 Å². The van der Waals surface area contributed by atoms with Crippen LogP contribution in [-0.4, -0.2) is 38.6 Å². The number of hydrogen-bond acceptors (Lipinski definition) is 7. The molecule has 1 fully saturated rings. The lowest BCUT2D eigenvalue weighted by Crippen LogP contribution is -2.21. The summed E-state index contributed by atoms with van der Waals surface area (Å²) < 4.78 is 26.2. The molecule has 9 heteroatoms. The smallest absolute Gasteiger partial charge is 0.213 e. The number of rotatable bonds is 4. The average molecular weight is 480 g/mol. The van der Waals surface area contributed by atoms with Gasteiger partial charge in [0, 0.05) is 35.4 Å². The van der Waals surface area contributed by atoms with Crippen LogP contribution in [0.3, 0.4) is 0 Å². The van der Waals surface area contributed by atoms with E-state index in [1.54, 1.807) is 25.4 Å². The molecule has 7 nitrogen and oxygen atoms in total. The molecule has 2 atom stereocenters. The number of benzene rings is 1. The Morgan fingerprint density at radius 1 is 1.06 bits per heavy atom. The van der Waals surface area contributed by atoms with Crippen molar-refractivity contribution >= 4 is 22.8 Å². The summed E-state index contributed by atoms with van der Waals surface area (Å²) in [5.41, 5.74) is 4.15. The fourth-order valence-corrected chi connectivity index (χ4v) is 4.34. The van der Waals surface area contributed by atoms with Gasteiger partial charge in [-0.3, -0.25) is 0 Å². The Kier molecular flexibility index (Phi) is 6.10. The highest BCUT2D eigenvalue weighted by Gasteiger charge is 2.29. The molecule has 0 spiro atoms. The highest BCUT2D eigenvalue weighted by Crippen LogP contribution is 2.38. The quantitative estimate of drug-likeness (QED) is 0.380. The van der Waals surface area contributed by atoms with E-state index in [-0.39, 0.29) is 12.0 Å². The summed E-state index contributed by atoms with van der Waals surface area (Å²) in [6.45, 7) is 4.29. The molecule has 2 unspecified atom stereocenters. The first-order valence-corrected chi connectivity index (χ1v) is 11.4. The molecule has 0 N–H and O–H groups in total. The van der Waals surface area contributed by atoms with Crippen molar-refractivity contribution in [1.82, 2.24) is 24.9 Å². The molecule has 0 amide bonds. The van der Waals surface area contributed by atoms with E-state index in [2.05, 4.69) is 15.0 Å². The van der Waals surface area contributed by atoms with Crippen LogP contribution in [-0.2, 0) is 4.74 Å². The number of methoxy groups -OCH3 is 1. The first-order valence-electron chi connectivity index (χ1n) is 11.0. The molecule has 34 heavy (non-hydrogen) atoms. The fourth-order valence-electron chi connectivity index (χ4n) is 4.18. The van der Waals surface area contributed by atoms with Crippen LogP contribution >= 0.6 is 11.6 Å². The Labute approximate surface area is 201 Å². The third kappa shape index (κ3) is 4.31. The minimum Gasteiger partial charge on any atom is -0.481 e. The largest absolute Gasteiger partial charge is 0.481 e. The zero-order chi connectivity index (χ0) is 23.8. The van der Waals surface area contributed by atoms with Gasteiger partial charge >= 0.3 is 0 Å². The van der Waals surface area contributed by atoms with Gasteiger partial charge in [0.1, 0.15) is 22.9 Å². The molecule has 4 aromatic rings. The summed E-state index contributed by atoms with van der Waals surface area (Å²) in [5.74, 6) is 0.669. The maximum atomic E-state index is 14.9. The van der Waals surface area contributed by atoms with Crippen molar-refractivity contribution in [3.8, 4) is 17.1 Å². The topological polar surface area (TPSA) is 82.9 Å². The number of ether oxygens (including phenoxy) is 2.